The molecule has 1 N–H and O–H groups in total. The number of aryl methyl sites for hydroxylation is 1. The van der Waals surface area contributed by atoms with Crippen molar-refractivity contribution in [1.29, 1.82) is 0 Å². The van der Waals surface area contributed by atoms with E-state index in [-0.39, 0.29) is 50.3 Å². The van der Waals surface area contributed by atoms with Crippen molar-refractivity contribution in [3.05, 3.63) is 35.4 Å². The molecule has 31 heavy (non-hydrogen) atoms. The molecule has 0 aliphatic carbocycles. The molecule has 0 spiro atoms. The number of ether oxygens (including phenoxy) is 1. The summed E-state index contributed by atoms with van der Waals surface area (Å²) in [6.07, 6.45) is 14.2. The Labute approximate surface area is 223 Å². The normalized spacial score (nSPS) is 12.6. The number of carbonyl (C=O) groups excluding carboxylic acids is 1. The van der Waals surface area contributed by atoms with Crippen molar-refractivity contribution < 1.29 is 19.4 Å². The Morgan fingerprint density at radius 1 is 0.871 bits per heavy atom. The average molecular weight is 479 g/mol. The van der Waals surface area contributed by atoms with Crippen LogP contribution < -0.4 is 0 Å². The van der Waals surface area contributed by atoms with Gasteiger partial charge in [0.15, 0.2) is 0 Å². The molecule has 0 aliphatic heterocycles. The van der Waals surface area contributed by atoms with Gasteiger partial charge in [0.25, 0.3) is 0 Å². The van der Waals surface area contributed by atoms with Gasteiger partial charge in [-0.15, -0.1) is 11.8 Å². The van der Waals surface area contributed by atoms with Gasteiger partial charge in [0.2, 0.25) is 0 Å². The first kappa shape index (κ1) is 30.8. The minimum atomic E-state index is -0.915. The fourth-order valence-electron chi connectivity index (χ4n) is 3.43. The molecule has 0 aromatic heterocycles. The fourth-order valence-corrected chi connectivity index (χ4v) is 4.34. The second-order valence-electron chi connectivity index (χ2n) is 8.07. The van der Waals surface area contributed by atoms with Gasteiger partial charge < -0.3 is 9.84 Å². The topological polar surface area (TPSA) is 63.6 Å². The molecule has 0 fully saturated rings. The Morgan fingerprint density at radius 2 is 1.39 bits per heavy atom. The van der Waals surface area contributed by atoms with Crippen LogP contribution in [-0.4, -0.2) is 65.3 Å². The molecule has 1 rings (SSSR count). The Balaban J connectivity index is 0.00000900. The summed E-state index contributed by atoms with van der Waals surface area (Å²) in [4.78, 5) is 23.1. The summed E-state index contributed by atoms with van der Waals surface area (Å²) in [5, 5.41) is 7.85. The van der Waals surface area contributed by atoms with Gasteiger partial charge in [0.05, 0.1) is 0 Å². The Morgan fingerprint density at radius 3 is 1.94 bits per heavy atom. The summed E-state index contributed by atoms with van der Waals surface area (Å²) in [7, 11) is 0. The molecule has 0 heterocycles. The minimum absolute atomic E-state index is 0. The average Bonchev–Trinajstić information content (AvgIpc) is 2.73. The molecule has 0 aliphatic rings. The van der Waals surface area contributed by atoms with Crippen LogP contribution in [0.2, 0.25) is 0 Å². The molecule has 2 unspecified atom stereocenters. The first-order chi connectivity index (χ1) is 14.5. The Bertz CT molecular complexity index is 623. The van der Waals surface area contributed by atoms with Gasteiger partial charge in [-0.1, -0.05) is 89.0 Å². The third-order valence-electron chi connectivity index (χ3n) is 5.38. The molecular formula is C25H42CaO4S. The molecule has 1 aromatic carbocycles. The SMILES string of the molecule is CCCCCCCCCCCCc1ccccc1COC(=O)C(C)SC(C)C(=O)O.[CaH2]. The number of carbonyl (C=O) groups is 2. The second kappa shape index (κ2) is 19.3. The Hall–Kier alpha value is -0.230. The zero-order valence-corrected chi connectivity index (χ0v) is 19.8. The molecule has 0 bridgehead atoms. The van der Waals surface area contributed by atoms with Crippen LogP contribution in [0.1, 0.15) is 96.1 Å². The van der Waals surface area contributed by atoms with Crippen molar-refractivity contribution in [2.75, 3.05) is 0 Å². The van der Waals surface area contributed by atoms with Crippen LogP contribution in [0.25, 0.3) is 0 Å². The summed E-state index contributed by atoms with van der Waals surface area (Å²) in [6, 6.07) is 8.12. The molecular weight excluding hydrogens is 436 g/mol. The third-order valence-corrected chi connectivity index (χ3v) is 6.59. The van der Waals surface area contributed by atoms with E-state index in [1.54, 1.807) is 13.8 Å². The number of aliphatic carboxylic acids is 1. The number of carboxylic acid groups (broad SMARTS) is 1. The van der Waals surface area contributed by atoms with Gasteiger partial charge in [-0.3, -0.25) is 9.59 Å². The zero-order valence-electron chi connectivity index (χ0n) is 19.0. The van der Waals surface area contributed by atoms with Crippen LogP contribution in [0.4, 0.5) is 0 Å². The molecule has 2 atom stereocenters. The molecule has 0 amide bonds. The fraction of sp³-hybridized carbons (Fsp3) is 0.680. The van der Waals surface area contributed by atoms with Crippen molar-refractivity contribution in [2.45, 2.75) is 109 Å². The van der Waals surface area contributed by atoms with E-state index in [0.717, 1.165) is 30.2 Å². The van der Waals surface area contributed by atoms with Crippen molar-refractivity contribution in [3.8, 4) is 0 Å². The van der Waals surface area contributed by atoms with Gasteiger partial charge in [0.1, 0.15) is 17.1 Å². The van der Waals surface area contributed by atoms with Gasteiger partial charge >= 0.3 is 49.7 Å². The van der Waals surface area contributed by atoms with E-state index < -0.39 is 16.5 Å². The van der Waals surface area contributed by atoms with Crippen molar-refractivity contribution >= 4 is 61.4 Å². The molecule has 174 valence electrons. The molecule has 0 saturated carbocycles. The van der Waals surface area contributed by atoms with Crippen LogP contribution >= 0.6 is 11.8 Å². The number of thioether (sulfide) groups is 1. The number of benzene rings is 1. The number of rotatable bonds is 17. The maximum absolute atomic E-state index is 12.2. The van der Waals surface area contributed by atoms with Gasteiger partial charge in [-0.05, 0) is 37.8 Å². The maximum atomic E-state index is 12.2. The van der Waals surface area contributed by atoms with Crippen LogP contribution in [0, 0.1) is 0 Å². The summed E-state index contributed by atoms with van der Waals surface area (Å²) < 4.78 is 5.46. The van der Waals surface area contributed by atoms with Crippen LogP contribution in [-0.2, 0) is 27.4 Å². The molecule has 1 aromatic rings. The number of unbranched alkanes of at least 4 members (excludes halogenated alkanes) is 9. The van der Waals surface area contributed by atoms with E-state index in [4.69, 9.17) is 9.84 Å². The van der Waals surface area contributed by atoms with Crippen molar-refractivity contribution in [3.63, 3.8) is 0 Å². The first-order valence-corrected chi connectivity index (χ1v) is 12.5. The van der Waals surface area contributed by atoms with E-state index in [1.165, 1.54) is 63.4 Å². The number of esters is 1. The standard InChI is InChI=1S/C25H40O4S.Ca.2H/c1-4-5-6-7-8-9-10-11-12-13-16-22-17-14-15-18-23(22)19-29-25(28)21(3)30-20(2)24(26)27;;;/h14-15,17-18,20-21H,4-13,16,19H2,1-3H3,(H,26,27);;;. The zero-order chi connectivity index (χ0) is 22.2. The van der Waals surface area contributed by atoms with Crippen molar-refractivity contribution in [1.82, 2.24) is 0 Å². The first-order valence-electron chi connectivity index (χ1n) is 11.6. The van der Waals surface area contributed by atoms with Gasteiger partial charge in [-0.2, -0.15) is 0 Å². The summed E-state index contributed by atoms with van der Waals surface area (Å²) in [5.74, 6) is -1.27. The van der Waals surface area contributed by atoms with Gasteiger partial charge in [0, 0.05) is 0 Å². The summed E-state index contributed by atoms with van der Waals surface area (Å²) in [5.41, 5.74) is 2.29. The number of carboxylic acids is 1. The number of hydrogen-bond donors (Lipinski definition) is 1. The quantitative estimate of drug-likeness (QED) is 0.172. The predicted octanol–water partition coefficient (Wildman–Crippen LogP) is 5.87. The van der Waals surface area contributed by atoms with E-state index in [2.05, 4.69) is 13.0 Å². The van der Waals surface area contributed by atoms with E-state index in [9.17, 15) is 9.59 Å². The molecule has 0 saturated heterocycles. The van der Waals surface area contributed by atoms with Gasteiger partial charge in [-0.25, -0.2) is 0 Å². The van der Waals surface area contributed by atoms with Crippen LogP contribution in [0.5, 0.6) is 0 Å². The molecule has 4 nitrogen and oxygen atoms in total. The van der Waals surface area contributed by atoms with E-state index in [0.29, 0.717) is 0 Å². The van der Waals surface area contributed by atoms with Crippen LogP contribution in [0.15, 0.2) is 24.3 Å². The van der Waals surface area contributed by atoms with E-state index in [1.807, 2.05) is 18.2 Å². The monoisotopic (exact) mass is 478 g/mol. The van der Waals surface area contributed by atoms with Crippen molar-refractivity contribution in [2.24, 2.45) is 0 Å². The summed E-state index contributed by atoms with van der Waals surface area (Å²) >= 11 is 1.11. The van der Waals surface area contributed by atoms with E-state index >= 15 is 0 Å². The molecule has 0 radical (unpaired) electrons. The third kappa shape index (κ3) is 14.5. The summed E-state index contributed by atoms with van der Waals surface area (Å²) in [6.45, 7) is 5.78. The second-order valence-corrected chi connectivity index (χ2v) is 9.75. The molecule has 6 heteroatoms. The predicted molar refractivity (Wildman–Crippen MR) is 134 cm³/mol. The Kier molecular flexibility index (Phi) is 19.1. The van der Waals surface area contributed by atoms with Crippen LogP contribution in [0.3, 0.4) is 0 Å². The number of hydrogen-bond acceptors (Lipinski definition) is 4.